The van der Waals surface area contributed by atoms with E-state index in [2.05, 4.69) is 52.5 Å². The summed E-state index contributed by atoms with van der Waals surface area (Å²) < 4.78 is 22.0. The molecule has 0 bridgehead atoms. The molecule has 0 fully saturated rings. The van der Waals surface area contributed by atoms with Crippen LogP contribution in [-0.4, -0.2) is 207 Å². The second kappa shape index (κ2) is 161. The molecule has 748 valence electrons. The molecule has 0 radical (unpaired) electrons. The molecule has 0 aliphatic heterocycles. The Kier molecular flexibility index (Phi) is 197. The third-order valence-corrected chi connectivity index (χ3v) is 34.0. The fourth-order valence-corrected chi connectivity index (χ4v) is 24.3. The van der Waals surface area contributed by atoms with Crippen molar-refractivity contribution in [2.24, 2.45) is 5.73 Å². The average Bonchev–Trinajstić information content (AvgIpc) is 1.05. The standard InChI is InChI=1S/2C17H34NO2PS2.2C13H28OS2.C12H26O2S2.C7H16N2OS.C6H13ClO.C6H14OS.ClH.Na.H2O/c2*1-3-4-5-7-10-16-22-23-17-11-8-6-9-14-19-21(2)20-15-12-13-18;2*1-2-3-4-6-9-12-15-16-13-10-7-5-8-11-14;13-9-5-1-3-7-11-15-16-12-8-4-2-6-10-14;8-7(9)11-6-4-2-1-3-5-10;2*7-5-3-1-2-4-6-8;;;/h2*3-12,14-17H2,1-2H3;2*14H,2-13H2,1H3;13-14H,1-12H2;10H,1-6H2,(H3,8,9);8H,1-6H2;7-8H,1-6H2;1H;;1H2/q;;;;;;;;;+1;/p-1. The zero-order chi connectivity index (χ0) is 90.7. The topological polar surface area (TPSA) is 308 Å². The van der Waals surface area contributed by atoms with Gasteiger partial charge in [0, 0.05) is 129 Å². The van der Waals surface area contributed by atoms with Crippen molar-refractivity contribution in [1.82, 2.24) is 0 Å². The first-order chi connectivity index (χ1) is 59.5. The number of halogens is 2. The maximum absolute atomic E-state index is 8.62. The van der Waals surface area contributed by atoms with Gasteiger partial charge in [-0.25, -0.2) is 0 Å². The molecule has 16 nitrogen and oxygen atoms in total. The molecule has 0 heterocycles. The number of unbranched alkanes of at least 4 members (excludes halogenated alkanes) is 43. The van der Waals surface area contributed by atoms with Crippen molar-refractivity contribution in [3.8, 4) is 12.1 Å². The molecule has 33 heteroatoms. The van der Waals surface area contributed by atoms with Gasteiger partial charge in [0.05, 0.1) is 51.4 Å². The van der Waals surface area contributed by atoms with Gasteiger partial charge in [0.1, 0.15) is 0 Å². The third-order valence-electron chi connectivity index (χ3n) is 17.5. The Bertz CT molecular complexity index is 1640. The van der Waals surface area contributed by atoms with Crippen molar-refractivity contribution < 1.29 is 107 Å². The zero-order valence-electron chi connectivity index (χ0n) is 80.3. The Morgan fingerprint density at radius 1 is 0.306 bits per heavy atom. The van der Waals surface area contributed by atoms with E-state index in [0.717, 1.165) is 133 Å². The Morgan fingerprint density at radius 3 is 0.669 bits per heavy atom. The monoisotopic (exact) mass is 2080 g/mol. The van der Waals surface area contributed by atoms with Crippen LogP contribution in [0, 0.1) is 22.7 Å². The number of nitrogens with zero attached hydrogens (tertiary/aromatic N) is 2. The summed E-state index contributed by atoms with van der Waals surface area (Å²) in [6.07, 6.45) is 70.6. The first-order valence-electron chi connectivity index (χ1n) is 47.8. The van der Waals surface area contributed by atoms with E-state index in [1.165, 1.54) is 326 Å². The number of hydrogen-bond acceptors (Lipinski definition) is 26. The van der Waals surface area contributed by atoms with Gasteiger partial charge >= 0.3 is 29.6 Å². The summed E-state index contributed by atoms with van der Waals surface area (Å²) in [5.41, 5.74) is 5.25. The van der Waals surface area contributed by atoms with Gasteiger partial charge in [-0.05, 0) is 159 Å². The van der Waals surface area contributed by atoms with E-state index < -0.39 is 16.8 Å². The van der Waals surface area contributed by atoms with Gasteiger partial charge in [-0.2, -0.15) is 23.2 Å². The van der Waals surface area contributed by atoms with Gasteiger partial charge < -0.3 is 71.7 Å². The maximum Gasteiger partial charge on any atom is 1.00 e. The molecule has 0 saturated heterocycles. The normalized spacial score (nSPS) is 10.9. The number of alkyl halides is 1. The summed E-state index contributed by atoms with van der Waals surface area (Å²) >= 11 is 11.0. The Labute approximate surface area is 853 Å². The number of aliphatic hydroxyl groups is 7. The second-order valence-corrected chi connectivity index (χ2v) is 47.7. The van der Waals surface area contributed by atoms with Gasteiger partial charge in [-0.15, -0.1) is 11.6 Å². The quantitative estimate of drug-likeness (QED) is 0.00395. The SMILES string of the molecule is CCCCCCCSSCCCCCCO.CCCCCCCSSCCCCCCO.CCCCCCCSSCCCCCCOP(C)OCCC#N.CCCCCCCSSCCCCCCOP(C)OCCC#N.NC(=[NH2+])SCCCCCCO.OCCCCCCCl.OCCCCCCS.OCCCCCCSSCCCCCCO.[Cl-].[Na+].[OH-]. The Balaban J connectivity index is -0.000000133. The van der Waals surface area contributed by atoms with Crippen LogP contribution < -0.4 is 53.1 Å². The van der Waals surface area contributed by atoms with Crippen molar-refractivity contribution in [3.05, 3.63) is 0 Å². The molecule has 0 saturated carbocycles. The fraction of sp³-hybridized carbons (Fsp3) is 0.967. The van der Waals surface area contributed by atoms with Crippen LogP contribution in [0.15, 0.2) is 0 Å². The molecule has 0 aromatic heterocycles. The summed E-state index contributed by atoms with van der Waals surface area (Å²) in [6.45, 7) is 17.9. The number of nitrogens with two attached hydrogens (primary N) is 2. The van der Waals surface area contributed by atoms with Gasteiger partial charge in [0.15, 0.2) is 16.8 Å². The number of thiol groups is 1. The van der Waals surface area contributed by atoms with Crippen LogP contribution in [-0.2, 0) is 18.1 Å². The minimum atomic E-state index is -0.791. The molecular weight excluding hydrogens is 1880 g/mol. The zero-order valence-corrected chi connectivity index (χ0v) is 95.5. The van der Waals surface area contributed by atoms with Crippen LogP contribution in [0.2, 0.25) is 0 Å². The van der Waals surface area contributed by atoms with E-state index in [-0.39, 0.29) is 47.4 Å². The van der Waals surface area contributed by atoms with E-state index in [9.17, 15) is 0 Å². The summed E-state index contributed by atoms with van der Waals surface area (Å²) in [7, 11) is 18.7. The summed E-state index contributed by atoms with van der Waals surface area (Å²) in [4.78, 5) is 0. The minimum Gasteiger partial charge on any atom is -1.00 e. The number of nitriles is 2. The van der Waals surface area contributed by atoms with E-state index in [1.807, 2.05) is 121 Å². The van der Waals surface area contributed by atoms with Crippen LogP contribution in [0.5, 0.6) is 0 Å². The first-order valence-corrected chi connectivity index (χ1v) is 65.7. The minimum absolute atomic E-state index is 0. The number of hydrogen-bond donors (Lipinski definition) is 10. The Morgan fingerprint density at radius 2 is 0.484 bits per heavy atom. The fourth-order valence-electron chi connectivity index (χ4n) is 10.2. The van der Waals surface area contributed by atoms with Crippen molar-refractivity contribution in [1.29, 1.82) is 10.5 Å². The molecule has 124 heavy (non-hydrogen) atoms. The summed E-state index contributed by atoms with van der Waals surface area (Å²) in [5, 5.41) is 82.1. The molecule has 0 aliphatic rings. The molecule has 0 aromatic carbocycles. The van der Waals surface area contributed by atoms with E-state index in [0.29, 0.717) is 77.5 Å². The number of thioether (sulfide) groups is 1. The molecule has 0 spiro atoms. The van der Waals surface area contributed by atoms with Crippen LogP contribution in [0.25, 0.3) is 0 Å². The molecule has 12 N–H and O–H groups in total. The first kappa shape index (κ1) is 151. The van der Waals surface area contributed by atoms with Crippen LogP contribution in [0.3, 0.4) is 0 Å². The Hall–Kier alpha value is 4.61. The predicted octanol–water partition coefficient (Wildman–Crippen LogP) is 23.3. The smallest absolute Gasteiger partial charge is 1.00 e. The second-order valence-electron chi connectivity index (χ2n) is 29.4. The van der Waals surface area contributed by atoms with Gasteiger partial charge in [-0.1, -0.05) is 354 Å². The number of amidine groups is 1. The van der Waals surface area contributed by atoms with Crippen LogP contribution >= 0.6 is 161 Å². The van der Waals surface area contributed by atoms with Crippen molar-refractivity contribution in [2.75, 3.05) is 161 Å². The van der Waals surface area contributed by atoms with Gasteiger partial charge in [0.2, 0.25) is 0 Å². The third kappa shape index (κ3) is 186. The van der Waals surface area contributed by atoms with E-state index in [4.69, 9.17) is 87.1 Å². The largest absolute Gasteiger partial charge is 1.00 e. The molecule has 0 aliphatic carbocycles. The van der Waals surface area contributed by atoms with Gasteiger partial charge in [-0.3, -0.25) is 11.1 Å². The van der Waals surface area contributed by atoms with E-state index >= 15 is 0 Å². The maximum atomic E-state index is 8.62. The van der Waals surface area contributed by atoms with E-state index in [1.54, 1.807) is 0 Å². The van der Waals surface area contributed by atoms with Crippen molar-refractivity contribution in [2.45, 2.75) is 400 Å². The number of aliphatic hydroxyl groups excluding tert-OH is 7. The predicted molar refractivity (Wildman–Crippen MR) is 575 cm³/mol. The summed E-state index contributed by atoms with van der Waals surface area (Å²) in [6, 6.07) is 4.14. The average molecular weight is 2080 g/mol. The van der Waals surface area contributed by atoms with Crippen LogP contribution in [0.1, 0.15) is 400 Å². The number of rotatable bonds is 91. The molecule has 2 atom stereocenters. The molecule has 2 unspecified atom stereocenters. The molecular formula is C91H195Cl2N4NaO12P2S12. The van der Waals surface area contributed by atoms with Crippen molar-refractivity contribution >= 4 is 166 Å². The molecule has 0 rings (SSSR count). The summed E-state index contributed by atoms with van der Waals surface area (Å²) in [5.74, 6) is 15.6. The van der Waals surface area contributed by atoms with Crippen molar-refractivity contribution in [3.63, 3.8) is 0 Å². The molecule has 0 aromatic rings. The van der Waals surface area contributed by atoms with Gasteiger partial charge in [0.25, 0.3) is 5.17 Å². The van der Waals surface area contributed by atoms with Crippen LogP contribution in [0.4, 0.5) is 0 Å². The molecule has 0 amide bonds.